The molecule has 0 amide bonds. The second-order valence-electron chi connectivity index (χ2n) is 7.40. The molecule has 0 spiro atoms. The summed E-state index contributed by atoms with van der Waals surface area (Å²) in [7, 11) is 3.26. The lowest BCUT2D eigenvalue weighted by atomic mass is 9.89. The highest BCUT2D eigenvalue weighted by atomic mass is 16.5. The van der Waals surface area contributed by atoms with Gasteiger partial charge in [-0.15, -0.1) is 0 Å². The lowest BCUT2D eigenvalue weighted by Crippen LogP contribution is -2.32. The first-order valence-corrected chi connectivity index (χ1v) is 10.0. The molecule has 1 heterocycles. The number of rotatable bonds is 6. The van der Waals surface area contributed by atoms with Crippen LogP contribution < -0.4 is 9.47 Å². The molecule has 0 aliphatic carbocycles. The van der Waals surface area contributed by atoms with Crippen molar-refractivity contribution in [2.24, 2.45) is 0 Å². The van der Waals surface area contributed by atoms with Crippen molar-refractivity contribution in [1.82, 2.24) is 4.90 Å². The minimum atomic E-state index is 0.181. The van der Waals surface area contributed by atoms with Crippen LogP contribution in [0.5, 0.6) is 17.2 Å². The summed E-state index contributed by atoms with van der Waals surface area (Å²) in [6.07, 6.45) is 1.95. The van der Waals surface area contributed by atoms with Gasteiger partial charge in [-0.3, -0.25) is 4.90 Å². The Labute approximate surface area is 172 Å². The lowest BCUT2D eigenvalue weighted by Gasteiger charge is -2.31. The third-order valence-corrected chi connectivity index (χ3v) is 5.70. The molecule has 1 aliphatic rings. The second kappa shape index (κ2) is 8.58. The minimum Gasteiger partial charge on any atom is -0.504 e. The summed E-state index contributed by atoms with van der Waals surface area (Å²) < 4.78 is 11.1. The summed E-state index contributed by atoms with van der Waals surface area (Å²) >= 11 is 0. The van der Waals surface area contributed by atoms with Crippen molar-refractivity contribution >= 4 is 0 Å². The van der Waals surface area contributed by atoms with Gasteiger partial charge in [0.1, 0.15) is 5.75 Å². The molecule has 3 aromatic carbocycles. The van der Waals surface area contributed by atoms with E-state index < -0.39 is 0 Å². The molecular formula is C25H27NO3. The smallest absolute Gasteiger partial charge is 0.166 e. The zero-order valence-corrected chi connectivity index (χ0v) is 17.0. The van der Waals surface area contributed by atoms with Gasteiger partial charge in [0.05, 0.1) is 14.2 Å². The molecule has 0 saturated heterocycles. The van der Waals surface area contributed by atoms with E-state index in [4.69, 9.17) is 9.47 Å². The van der Waals surface area contributed by atoms with Crippen LogP contribution in [0, 0.1) is 0 Å². The van der Waals surface area contributed by atoms with Gasteiger partial charge in [-0.2, -0.15) is 0 Å². The van der Waals surface area contributed by atoms with Gasteiger partial charge in [0, 0.05) is 30.8 Å². The van der Waals surface area contributed by atoms with Crippen LogP contribution >= 0.6 is 0 Å². The fourth-order valence-electron chi connectivity index (χ4n) is 4.14. The molecule has 0 radical (unpaired) electrons. The number of nitrogens with zero attached hydrogens (tertiary/aromatic N) is 1. The van der Waals surface area contributed by atoms with Crippen molar-refractivity contribution in [1.29, 1.82) is 0 Å². The number of fused-ring (bicyclic) bond motifs is 1. The first-order valence-electron chi connectivity index (χ1n) is 10.0. The summed E-state index contributed by atoms with van der Waals surface area (Å²) in [4.78, 5) is 2.46. The Balaban J connectivity index is 1.69. The molecule has 4 rings (SSSR count). The van der Waals surface area contributed by atoms with E-state index in [1.54, 1.807) is 14.2 Å². The molecule has 4 nitrogen and oxygen atoms in total. The number of hydrogen-bond acceptors (Lipinski definition) is 4. The number of hydrogen-bond donors (Lipinski definition) is 1. The predicted molar refractivity (Wildman–Crippen MR) is 116 cm³/mol. The van der Waals surface area contributed by atoms with E-state index in [1.807, 2.05) is 30.3 Å². The molecule has 1 N–H and O–H groups in total. The number of ether oxygens (including phenoxy) is 2. The van der Waals surface area contributed by atoms with Crippen LogP contribution in [-0.2, 0) is 19.4 Å². The van der Waals surface area contributed by atoms with Crippen molar-refractivity contribution < 1.29 is 14.6 Å². The molecule has 3 aromatic rings. The summed E-state index contributed by atoms with van der Waals surface area (Å²) in [5, 5.41) is 11.0. The average Bonchev–Trinajstić information content (AvgIpc) is 2.78. The molecule has 0 unspecified atom stereocenters. The monoisotopic (exact) mass is 389 g/mol. The molecule has 4 heteroatoms. The third kappa shape index (κ3) is 3.94. The Morgan fingerprint density at radius 2 is 1.66 bits per heavy atom. The maximum atomic E-state index is 11.0. The molecule has 150 valence electrons. The van der Waals surface area contributed by atoms with Crippen LogP contribution in [0.3, 0.4) is 0 Å². The third-order valence-electron chi connectivity index (χ3n) is 5.70. The quantitative estimate of drug-likeness (QED) is 0.665. The van der Waals surface area contributed by atoms with Gasteiger partial charge in [-0.25, -0.2) is 0 Å². The Morgan fingerprint density at radius 3 is 2.41 bits per heavy atom. The van der Waals surface area contributed by atoms with E-state index in [9.17, 15) is 5.11 Å². The highest BCUT2D eigenvalue weighted by Gasteiger charge is 2.26. The Kier molecular flexibility index (Phi) is 5.72. The first-order chi connectivity index (χ1) is 14.2. The normalized spacial score (nSPS) is 13.7. The van der Waals surface area contributed by atoms with E-state index in [0.717, 1.165) is 54.9 Å². The second-order valence-corrected chi connectivity index (χ2v) is 7.40. The van der Waals surface area contributed by atoms with E-state index in [1.165, 1.54) is 11.1 Å². The zero-order chi connectivity index (χ0) is 20.2. The van der Waals surface area contributed by atoms with Crippen molar-refractivity contribution in [2.45, 2.75) is 19.4 Å². The van der Waals surface area contributed by atoms with Crippen molar-refractivity contribution in [3.05, 3.63) is 77.4 Å². The number of benzene rings is 3. The molecule has 0 fully saturated rings. The van der Waals surface area contributed by atoms with Crippen molar-refractivity contribution in [3.8, 4) is 28.4 Å². The number of phenols is 1. The number of phenolic OH excluding ortho intramolecular Hbond substituents is 1. The molecule has 0 aromatic heterocycles. The van der Waals surface area contributed by atoms with Crippen molar-refractivity contribution in [3.63, 3.8) is 0 Å². The van der Waals surface area contributed by atoms with Gasteiger partial charge in [-0.1, -0.05) is 48.5 Å². The molecule has 1 aliphatic heterocycles. The first kappa shape index (κ1) is 19.3. The number of aromatic hydroxyl groups is 1. The van der Waals surface area contributed by atoms with E-state index >= 15 is 0 Å². The maximum Gasteiger partial charge on any atom is 0.166 e. The predicted octanol–water partition coefficient (Wildman–Crippen LogP) is 4.68. The summed E-state index contributed by atoms with van der Waals surface area (Å²) in [5.74, 6) is 1.45. The summed E-state index contributed by atoms with van der Waals surface area (Å²) in [6, 6.07) is 20.4. The molecule has 0 atom stereocenters. The largest absolute Gasteiger partial charge is 0.504 e. The molecule has 29 heavy (non-hydrogen) atoms. The Morgan fingerprint density at radius 1 is 0.931 bits per heavy atom. The van der Waals surface area contributed by atoms with Crippen molar-refractivity contribution in [2.75, 3.05) is 27.3 Å². The van der Waals surface area contributed by atoms with E-state index in [2.05, 4.69) is 35.2 Å². The van der Waals surface area contributed by atoms with Gasteiger partial charge in [0.15, 0.2) is 11.5 Å². The topological polar surface area (TPSA) is 41.9 Å². The van der Waals surface area contributed by atoms with Crippen LogP contribution in [0.2, 0.25) is 0 Å². The van der Waals surface area contributed by atoms with Crippen LogP contribution in [0.15, 0.2) is 60.7 Å². The SMILES string of the molecule is COc1ccccc1-c1c(O)c(OC)cc2c1CN(CCc1ccccc1)CC2. The Bertz CT molecular complexity index is 985. The number of methoxy groups -OCH3 is 2. The number of para-hydroxylation sites is 1. The highest BCUT2D eigenvalue weighted by molar-refractivity contribution is 5.82. The lowest BCUT2D eigenvalue weighted by molar-refractivity contribution is 0.256. The standard InChI is InChI=1S/C25H27NO3/c1-28-22-11-7-6-10-20(22)24-21-17-26(14-12-18-8-4-3-5-9-18)15-13-19(21)16-23(29-2)25(24)27/h3-11,16,27H,12-15,17H2,1-2H3. The summed E-state index contributed by atoms with van der Waals surface area (Å²) in [5.41, 5.74) is 5.46. The zero-order valence-electron chi connectivity index (χ0n) is 17.0. The Hall–Kier alpha value is -2.98. The highest BCUT2D eigenvalue weighted by Crippen LogP contribution is 2.46. The van der Waals surface area contributed by atoms with E-state index in [0.29, 0.717) is 5.75 Å². The molecule has 0 bridgehead atoms. The van der Waals surface area contributed by atoms with Gasteiger partial charge >= 0.3 is 0 Å². The molecule has 0 saturated carbocycles. The van der Waals surface area contributed by atoms with Crippen LogP contribution in [0.25, 0.3) is 11.1 Å². The van der Waals surface area contributed by atoms with E-state index in [-0.39, 0.29) is 5.75 Å². The van der Waals surface area contributed by atoms with Gasteiger partial charge in [0.2, 0.25) is 0 Å². The maximum absolute atomic E-state index is 11.0. The molecular weight excluding hydrogens is 362 g/mol. The van der Waals surface area contributed by atoms with Crippen LogP contribution in [0.4, 0.5) is 0 Å². The van der Waals surface area contributed by atoms with Crippen LogP contribution in [0.1, 0.15) is 16.7 Å². The van der Waals surface area contributed by atoms with Gasteiger partial charge in [0.25, 0.3) is 0 Å². The fourth-order valence-corrected chi connectivity index (χ4v) is 4.14. The average molecular weight is 389 g/mol. The van der Waals surface area contributed by atoms with Gasteiger partial charge in [-0.05, 0) is 41.7 Å². The van der Waals surface area contributed by atoms with Gasteiger partial charge < -0.3 is 14.6 Å². The summed E-state index contributed by atoms with van der Waals surface area (Å²) in [6.45, 7) is 2.79. The van der Waals surface area contributed by atoms with Crippen LogP contribution in [-0.4, -0.2) is 37.3 Å². The fraction of sp³-hybridized carbons (Fsp3) is 0.280. The minimum absolute atomic E-state index is 0.181.